The van der Waals surface area contributed by atoms with E-state index in [1.165, 1.54) is 7.11 Å². The van der Waals surface area contributed by atoms with Gasteiger partial charge >= 0.3 is 0 Å². The Labute approximate surface area is 78.7 Å². The Balaban J connectivity index is 3.31. The van der Waals surface area contributed by atoms with Gasteiger partial charge in [-0.2, -0.15) is 0 Å². The lowest BCUT2D eigenvalue weighted by Gasteiger charge is -2.07. The fourth-order valence-corrected chi connectivity index (χ4v) is 0.971. The molecule has 0 aliphatic carbocycles. The number of aldehydes is 1. The molecule has 0 fully saturated rings. The molecule has 4 nitrogen and oxygen atoms in total. The fourth-order valence-electron chi connectivity index (χ4n) is 0.971. The maximum atomic E-state index is 12.3. The molecule has 0 aliphatic rings. The van der Waals surface area contributed by atoms with Crippen molar-refractivity contribution >= 4 is 12.1 Å². The van der Waals surface area contributed by atoms with Crippen molar-refractivity contribution in [2.24, 2.45) is 0 Å². The SMILES string of the molecule is COc1cc(C=O)c(C(F)F)nc1N. The number of methoxy groups -OCH3 is 1. The van der Waals surface area contributed by atoms with E-state index in [0.717, 1.165) is 6.07 Å². The number of carbonyl (C=O) groups excluding carboxylic acids is 1. The maximum absolute atomic E-state index is 12.3. The number of rotatable bonds is 3. The molecule has 1 aromatic rings. The normalized spacial score (nSPS) is 10.3. The number of anilines is 1. The Morgan fingerprint density at radius 2 is 2.29 bits per heavy atom. The number of hydrogen-bond donors (Lipinski definition) is 1. The zero-order valence-electron chi connectivity index (χ0n) is 7.33. The molecule has 0 bridgehead atoms. The Bertz CT molecular complexity index is 355. The molecule has 1 aromatic heterocycles. The Hall–Kier alpha value is -1.72. The van der Waals surface area contributed by atoms with Crippen molar-refractivity contribution in [3.8, 4) is 5.75 Å². The molecular formula is C8H8F2N2O2. The van der Waals surface area contributed by atoms with Crippen LogP contribution in [0.1, 0.15) is 22.5 Å². The van der Waals surface area contributed by atoms with Crippen LogP contribution in [0.5, 0.6) is 5.75 Å². The van der Waals surface area contributed by atoms with Crippen molar-refractivity contribution in [1.29, 1.82) is 0 Å². The van der Waals surface area contributed by atoms with Crippen molar-refractivity contribution in [3.63, 3.8) is 0 Å². The summed E-state index contributed by atoms with van der Waals surface area (Å²) in [4.78, 5) is 13.8. The minimum atomic E-state index is -2.83. The highest BCUT2D eigenvalue weighted by Gasteiger charge is 2.17. The predicted octanol–water partition coefficient (Wildman–Crippen LogP) is 1.42. The number of alkyl halides is 2. The van der Waals surface area contributed by atoms with Gasteiger partial charge in [0.25, 0.3) is 6.43 Å². The molecule has 0 unspecified atom stereocenters. The molecule has 0 atom stereocenters. The van der Waals surface area contributed by atoms with Crippen LogP contribution < -0.4 is 10.5 Å². The molecule has 0 radical (unpaired) electrons. The van der Waals surface area contributed by atoms with Gasteiger partial charge in [0.2, 0.25) is 0 Å². The van der Waals surface area contributed by atoms with Crippen LogP contribution in [0.4, 0.5) is 14.6 Å². The summed E-state index contributed by atoms with van der Waals surface area (Å²) in [5.41, 5.74) is 4.46. The highest BCUT2D eigenvalue weighted by atomic mass is 19.3. The quantitative estimate of drug-likeness (QED) is 0.753. The second kappa shape index (κ2) is 3.99. The highest BCUT2D eigenvalue weighted by Crippen LogP contribution is 2.27. The molecule has 1 rings (SSSR count). The third-order valence-corrected chi connectivity index (χ3v) is 1.63. The van der Waals surface area contributed by atoms with E-state index >= 15 is 0 Å². The largest absolute Gasteiger partial charge is 0.493 e. The van der Waals surface area contributed by atoms with E-state index < -0.39 is 12.1 Å². The number of ether oxygens (including phenoxy) is 1. The molecule has 6 heteroatoms. The van der Waals surface area contributed by atoms with Crippen LogP contribution in [0.2, 0.25) is 0 Å². The van der Waals surface area contributed by atoms with E-state index in [1.54, 1.807) is 0 Å². The molecule has 1 heterocycles. The molecule has 2 N–H and O–H groups in total. The standard InChI is InChI=1S/C8H8F2N2O2/c1-14-5-2-4(3-13)6(7(9)10)12-8(5)11/h2-3,7H,1H3,(H2,11,12). The maximum Gasteiger partial charge on any atom is 0.281 e. The number of hydrogen-bond acceptors (Lipinski definition) is 4. The van der Waals surface area contributed by atoms with Crippen LogP contribution in [-0.4, -0.2) is 18.4 Å². The number of halogens is 2. The summed E-state index contributed by atoms with van der Waals surface area (Å²) in [6.07, 6.45) is -2.54. The van der Waals surface area contributed by atoms with Crippen LogP contribution in [0.3, 0.4) is 0 Å². The number of nitrogen functional groups attached to an aromatic ring is 1. The van der Waals surface area contributed by atoms with E-state index in [-0.39, 0.29) is 23.4 Å². The van der Waals surface area contributed by atoms with Gasteiger partial charge in [0, 0.05) is 5.56 Å². The summed E-state index contributed by atoms with van der Waals surface area (Å²) in [5, 5.41) is 0. The summed E-state index contributed by atoms with van der Waals surface area (Å²) < 4.78 is 29.4. The van der Waals surface area contributed by atoms with Crippen molar-refractivity contribution < 1.29 is 18.3 Å². The molecular weight excluding hydrogens is 194 g/mol. The minimum Gasteiger partial charge on any atom is -0.493 e. The van der Waals surface area contributed by atoms with E-state index in [9.17, 15) is 13.6 Å². The van der Waals surface area contributed by atoms with Crippen LogP contribution in [0.15, 0.2) is 6.07 Å². The lowest BCUT2D eigenvalue weighted by atomic mass is 10.2. The summed E-state index contributed by atoms with van der Waals surface area (Å²) in [7, 11) is 1.31. The Morgan fingerprint density at radius 3 is 2.71 bits per heavy atom. The number of carbonyl (C=O) groups is 1. The van der Waals surface area contributed by atoms with E-state index in [4.69, 9.17) is 10.5 Å². The van der Waals surface area contributed by atoms with Gasteiger partial charge in [-0.05, 0) is 6.07 Å². The van der Waals surface area contributed by atoms with E-state index in [0.29, 0.717) is 0 Å². The third kappa shape index (κ3) is 1.78. The van der Waals surface area contributed by atoms with Crippen molar-refractivity contribution in [2.45, 2.75) is 6.43 Å². The van der Waals surface area contributed by atoms with Gasteiger partial charge < -0.3 is 10.5 Å². The van der Waals surface area contributed by atoms with E-state index in [2.05, 4.69) is 4.98 Å². The van der Waals surface area contributed by atoms with Gasteiger partial charge in [-0.15, -0.1) is 0 Å². The average molecular weight is 202 g/mol. The second-order valence-electron chi connectivity index (χ2n) is 2.47. The molecule has 0 aromatic carbocycles. The fraction of sp³-hybridized carbons (Fsp3) is 0.250. The predicted molar refractivity (Wildman–Crippen MR) is 45.5 cm³/mol. The Morgan fingerprint density at radius 1 is 1.64 bits per heavy atom. The van der Waals surface area contributed by atoms with Crippen LogP contribution >= 0.6 is 0 Å². The molecule has 0 saturated carbocycles. The first-order valence-corrected chi connectivity index (χ1v) is 3.68. The monoisotopic (exact) mass is 202 g/mol. The van der Waals surface area contributed by atoms with Gasteiger partial charge in [-0.1, -0.05) is 0 Å². The molecule has 0 amide bonds. The van der Waals surface area contributed by atoms with Crippen molar-refractivity contribution in [3.05, 3.63) is 17.3 Å². The zero-order chi connectivity index (χ0) is 10.7. The van der Waals surface area contributed by atoms with Gasteiger partial charge in [0.1, 0.15) is 5.69 Å². The van der Waals surface area contributed by atoms with Crippen molar-refractivity contribution in [2.75, 3.05) is 12.8 Å². The first-order valence-electron chi connectivity index (χ1n) is 3.68. The minimum absolute atomic E-state index is 0.108. The Kier molecular flexibility index (Phi) is 2.95. The molecule has 0 saturated heterocycles. The zero-order valence-corrected chi connectivity index (χ0v) is 7.33. The first-order chi connectivity index (χ1) is 6.60. The molecule has 76 valence electrons. The number of aromatic nitrogens is 1. The van der Waals surface area contributed by atoms with Gasteiger partial charge in [0.15, 0.2) is 17.9 Å². The lowest BCUT2D eigenvalue weighted by Crippen LogP contribution is -2.04. The molecule has 0 aliphatic heterocycles. The molecule has 14 heavy (non-hydrogen) atoms. The number of nitrogens with zero attached hydrogens (tertiary/aromatic N) is 1. The van der Waals surface area contributed by atoms with Gasteiger partial charge in [-0.3, -0.25) is 4.79 Å². The molecule has 0 spiro atoms. The highest BCUT2D eigenvalue weighted by molar-refractivity contribution is 5.78. The number of nitrogens with two attached hydrogens (primary N) is 1. The van der Waals surface area contributed by atoms with Crippen LogP contribution in [0, 0.1) is 0 Å². The average Bonchev–Trinajstić information content (AvgIpc) is 2.17. The third-order valence-electron chi connectivity index (χ3n) is 1.63. The smallest absolute Gasteiger partial charge is 0.281 e. The first kappa shape index (κ1) is 10.4. The second-order valence-corrected chi connectivity index (χ2v) is 2.47. The number of pyridine rings is 1. The van der Waals surface area contributed by atoms with Crippen LogP contribution in [-0.2, 0) is 0 Å². The van der Waals surface area contributed by atoms with Gasteiger partial charge in [0.05, 0.1) is 7.11 Å². The lowest BCUT2D eigenvalue weighted by molar-refractivity contribution is 0.110. The summed E-state index contributed by atoms with van der Waals surface area (Å²) >= 11 is 0. The van der Waals surface area contributed by atoms with Crippen molar-refractivity contribution in [1.82, 2.24) is 4.98 Å². The summed E-state index contributed by atoms with van der Waals surface area (Å²) in [5.74, 6) is -0.0510. The van der Waals surface area contributed by atoms with Crippen LogP contribution in [0.25, 0.3) is 0 Å². The topological polar surface area (TPSA) is 65.2 Å². The summed E-state index contributed by atoms with van der Waals surface area (Å²) in [6.45, 7) is 0. The van der Waals surface area contributed by atoms with Gasteiger partial charge in [-0.25, -0.2) is 13.8 Å². The summed E-state index contributed by atoms with van der Waals surface area (Å²) in [6, 6.07) is 1.14. The van der Waals surface area contributed by atoms with E-state index in [1.807, 2.05) is 0 Å².